The summed E-state index contributed by atoms with van der Waals surface area (Å²) in [5.74, 6) is 0. The summed E-state index contributed by atoms with van der Waals surface area (Å²) < 4.78 is 0. The fourth-order valence-corrected chi connectivity index (χ4v) is 25.9. The number of fused-ring (bicyclic) bond motifs is 2. The second-order valence-corrected chi connectivity index (χ2v) is 29.6. The number of hydrogen-bond acceptors (Lipinski definition) is 0. The molecule has 7 aromatic carbocycles. The molecular formula is C62H75P3. The summed E-state index contributed by atoms with van der Waals surface area (Å²) in [6, 6.07) is 40.9. The van der Waals surface area contributed by atoms with E-state index < -0.39 is 0 Å². The van der Waals surface area contributed by atoms with E-state index in [1.54, 1.807) is 69.0 Å². The van der Waals surface area contributed by atoms with Gasteiger partial charge in [0, 0.05) is 0 Å². The highest BCUT2D eigenvalue weighted by atomic mass is 31.1. The van der Waals surface area contributed by atoms with E-state index in [0.717, 1.165) is 22.6 Å². The summed E-state index contributed by atoms with van der Waals surface area (Å²) in [5.41, 5.74) is 12.6. The van der Waals surface area contributed by atoms with Gasteiger partial charge in [-0.2, -0.15) is 0 Å². The topological polar surface area (TPSA) is 0 Å². The molecular weight excluding hydrogens is 838 g/mol. The summed E-state index contributed by atoms with van der Waals surface area (Å²) in [4.78, 5) is 0. The summed E-state index contributed by atoms with van der Waals surface area (Å²) in [6.07, 6.45) is 36.5. The fourth-order valence-electron chi connectivity index (χ4n) is 14.0. The first-order chi connectivity index (χ1) is 32.1. The van der Waals surface area contributed by atoms with Crippen LogP contribution in [0.1, 0.15) is 140 Å². The molecule has 0 atom stereocenters. The number of benzene rings is 7. The van der Waals surface area contributed by atoms with Gasteiger partial charge in [-0.1, -0.05) is 198 Å². The average molecular weight is 913 g/mol. The molecule has 338 valence electrons. The van der Waals surface area contributed by atoms with Crippen LogP contribution in [-0.4, -0.2) is 47.3 Å². The van der Waals surface area contributed by atoms with Crippen LogP contribution in [0.3, 0.4) is 0 Å². The highest BCUT2D eigenvalue weighted by Gasteiger charge is 2.34. The molecule has 4 saturated carbocycles. The van der Waals surface area contributed by atoms with Gasteiger partial charge in [-0.05, 0) is 200 Å². The summed E-state index contributed by atoms with van der Waals surface area (Å²) in [6.45, 7) is 4.76. The maximum absolute atomic E-state index is 2.72. The van der Waals surface area contributed by atoms with Crippen molar-refractivity contribution in [2.75, 3.05) is 24.6 Å². The third kappa shape index (κ3) is 9.24. The minimum Gasteiger partial charge on any atom is -0.1000 e. The zero-order valence-corrected chi connectivity index (χ0v) is 42.6. The largest absolute Gasteiger partial charge is 0.1000 e. The molecule has 3 heteroatoms. The molecule has 4 fully saturated rings. The molecule has 0 N–H and O–H groups in total. The van der Waals surface area contributed by atoms with Crippen LogP contribution in [0.25, 0.3) is 65.3 Å². The van der Waals surface area contributed by atoms with E-state index in [1.165, 1.54) is 166 Å². The zero-order valence-electron chi connectivity index (χ0n) is 39.9. The van der Waals surface area contributed by atoms with Crippen LogP contribution in [0.4, 0.5) is 0 Å². The maximum atomic E-state index is 2.72. The number of hydrogen-bond donors (Lipinski definition) is 0. The van der Waals surface area contributed by atoms with Crippen LogP contribution in [0.2, 0.25) is 0 Å². The molecule has 0 aliphatic heterocycles. The van der Waals surface area contributed by atoms with Gasteiger partial charge in [0.05, 0.1) is 0 Å². The quantitative estimate of drug-likeness (QED) is 0.0614. The Kier molecular flexibility index (Phi) is 14.0. The van der Waals surface area contributed by atoms with E-state index in [-0.39, 0.29) is 23.8 Å². The number of aryl methyl sites for hydroxylation is 2. The molecule has 7 aromatic rings. The summed E-state index contributed by atoms with van der Waals surface area (Å²) >= 11 is 0. The van der Waals surface area contributed by atoms with Crippen LogP contribution in [0, 0.1) is 13.8 Å². The van der Waals surface area contributed by atoms with Crippen LogP contribution in [0.15, 0.2) is 103 Å². The first-order valence-corrected chi connectivity index (χ1v) is 31.7. The zero-order chi connectivity index (χ0) is 43.7. The highest BCUT2D eigenvalue weighted by molar-refractivity contribution is 7.68. The van der Waals surface area contributed by atoms with E-state index in [1.807, 2.05) is 0 Å². The first kappa shape index (κ1) is 44.6. The summed E-state index contributed by atoms with van der Waals surface area (Å²) in [7, 11) is 0.0659. The average Bonchev–Trinajstić information content (AvgIpc) is 3.37. The van der Waals surface area contributed by atoms with Gasteiger partial charge in [0.1, 0.15) is 0 Å². The van der Waals surface area contributed by atoms with Crippen molar-refractivity contribution in [1.82, 2.24) is 0 Å². The smallest absolute Gasteiger partial charge is 0.00201 e. The Labute approximate surface area is 396 Å². The van der Waals surface area contributed by atoms with Crippen molar-refractivity contribution in [2.24, 2.45) is 0 Å². The molecule has 4 aliphatic carbocycles. The van der Waals surface area contributed by atoms with Crippen molar-refractivity contribution in [3.63, 3.8) is 0 Å². The second kappa shape index (κ2) is 20.4. The van der Waals surface area contributed by atoms with Crippen LogP contribution in [-0.2, 0) is 0 Å². The monoisotopic (exact) mass is 913 g/mol. The van der Waals surface area contributed by atoms with Crippen molar-refractivity contribution in [2.45, 2.75) is 165 Å². The Morgan fingerprint density at radius 3 is 1.34 bits per heavy atom. The van der Waals surface area contributed by atoms with Gasteiger partial charge in [-0.15, -0.1) is 0 Å². The summed E-state index contributed by atoms with van der Waals surface area (Å²) in [5, 5.41) is 12.7. The highest BCUT2D eigenvalue weighted by Crippen LogP contribution is 2.60. The van der Waals surface area contributed by atoms with E-state index in [0.29, 0.717) is 0 Å². The lowest BCUT2D eigenvalue weighted by molar-refractivity contribution is 0.484. The molecule has 0 heterocycles. The van der Waals surface area contributed by atoms with Crippen molar-refractivity contribution in [3.8, 4) is 22.3 Å². The predicted octanol–water partition coefficient (Wildman–Crippen LogP) is 19.1. The second-order valence-electron chi connectivity index (χ2n) is 21.3. The molecule has 0 aromatic heterocycles. The fraction of sp³-hybridized carbons (Fsp3) is 0.484. The molecule has 65 heavy (non-hydrogen) atoms. The lowest BCUT2D eigenvalue weighted by Gasteiger charge is -2.40. The molecule has 4 aliphatic rings. The molecule has 0 nitrogen and oxygen atoms in total. The standard InChI is InChI=1S/C62H75P3/c1-44-42-60(53-35-36-58-56-32-17-20-46-19-16-31-55(61(46)56)57-34-18-33-54(53)62(57)58)45(2)41-59(44)47-21-15-30-52(43-47)63(37-39-64(48-22-7-3-8-23-48)49-24-9-4-10-25-49)38-40-65(50-26-11-5-12-27-50)51-28-13-6-14-29-51/h15-21,30-36,41-43,48-51H,3-14,22-29,37-40H2,1-2H3. The molecule has 0 unspecified atom stereocenters. The van der Waals surface area contributed by atoms with E-state index in [4.69, 9.17) is 0 Å². The maximum Gasteiger partial charge on any atom is -0.00201 e. The van der Waals surface area contributed by atoms with Gasteiger partial charge in [0.25, 0.3) is 0 Å². The minimum absolute atomic E-state index is 0.129. The predicted molar refractivity (Wildman–Crippen MR) is 295 cm³/mol. The van der Waals surface area contributed by atoms with Crippen molar-refractivity contribution in [1.29, 1.82) is 0 Å². The normalized spacial score (nSPS) is 19.0. The Morgan fingerprint density at radius 2 is 0.800 bits per heavy atom. The van der Waals surface area contributed by atoms with Crippen molar-refractivity contribution < 1.29 is 0 Å². The van der Waals surface area contributed by atoms with E-state index >= 15 is 0 Å². The van der Waals surface area contributed by atoms with Gasteiger partial charge in [-0.3, -0.25) is 0 Å². The lowest BCUT2D eigenvalue weighted by Crippen LogP contribution is -2.25. The Morgan fingerprint density at radius 1 is 0.369 bits per heavy atom. The van der Waals surface area contributed by atoms with Gasteiger partial charge in [0.2, 0.25) is 0 Å². The Hall–Kier alpha value is -2.87. The minimum atomic E-state index is -0.192. The lowest BCUT2D eigenvalue weighted by atomic mass is 9.85. The van der Waals surface area contributed by atoms with Gasteiger partial charge in [0.15, 0.2) is 0 Å². The SMILES string of the molecule is Cc1cc(-c2ccc3c4cccc5cccc(c6cccc2c63)c54)c(C)cc1-c1cccc(P(CCP(C2CCCCC2)C2CCCCC2)CCP(C2CCCCC2)C2CCCCC2)c1. The molecule has 0 radical (unpaired) electrons. The van der Waals surface area contributed by atoms with Gasteiger partial charge in [-0.25, -0.2) is 0 Å². The molecule has 0 amide bonds. The molecule has 0 spiro atoms. The van der Waals surface area contributed by atoms with Crippen LogP contribution >= 0.6 is 23.8 Å². The van der Waals surface area contributed by atoms with Crippen molar-refractivity contribution in [3.05, 3.63) is 114 Å². The van der Waals surface area contributed by atoms with E-state index in [2.05, 4.69) is 117 Å². The van der Waals surface area contributed by atoms with Gasteiger partial charge < -0.3 is 0 Å². The Bertz CT molecular complexity index is 2580. The molecule has 11 rings (SSSR count). The third-order valence-corrected chi connectivity index (χ3v) is 27.9. The third-order valence-electron chi connectivity index (χ3n) is 17.3. The van der Waals surface area contributed by atoms with Crippen molar-refractivity contribution >= 4 is 72.2 Å². The first-order valence-electron chi connectivity index (χ1n) is 26.7. The Balaban J connectivity index is 0.929. The molecule has 0 saturated heterocycles. The molecule has 0 bridgehead atoms. The number of rotatable bonds is 13. The van der Waals surface area contributed by atoms with E-state index in [9.17, 15) is 0 Å². The van der Waals surface area contributed by atoms with Crippen LogP contribution < -0.4 is 5.30 Å². The van der Waals surface area contributed by atoms with Gasteiger partial charge >= 0.3 is 0 Å². The van der Waals surface area contributed by atoms with Crippen LogP contribution in [0.5, 0.6) is 0 Å².